The smallest absolute Gasteiger partial charge is 0.141 e. The molecule has 0 spiro atoms. The van der Waals surface area contributed by atoms with Gasteiger partial charge in [-0.3, -0.25) is 4.90 Å². The SMILES string of the molecule is ICN1CCn2ncnc2C1. The van der Waals surface area contributed by atoms with Crippen molar-refractivity contribution in [1.29, 1.82) is 0 Å². The van der Waals surface area contributed by atoms with Gasteiger partial charge in [0.15, 0.2) is 0 Å². The van der Waals surface area contributed by atoms with Crippen LogP contribution in [0.3, 0.4) is 0 Å². The second-order valence-corrected chi connectivity index (χ2v) is 3.25. The zero-order chi connectivity index (χ0) is 7.68. The van der Waals surface area contributed by atoms with Gasteiger partial charge in [-0.2, -0.15) is 5.10 Å². The van der Waals surface area contributed by atoms with E-state index < -0.39 is 0 Å². The third kappa shape index (κ3) is 1.39. The highest BCUT2D eigenvalue weighted by Gasteiger charge is 2.15. The van der Waals surface area contributed by atoms with Crippen LogP contribution in [0.5, 0.6) is 0 Å². The van der Waals surface area contributed by atoms with Gasteiger partial charge in [-0.05, 0) is 0 Å². The van der Waals surface area contributed by atoms with Crippen molar-refractivity contribution in [2.75, 3.05) is 11.1 Å². The Kier molecular flexibility index (Phi) is 2.08. The van der Waals surface area contributed by atoms with E-state index in [0.717, 1.165) is 30.0 Å². The number of nitrogens with zero attached hydrogens (tertiary/aromatic N) is 4. The summed E-state index contributed by atoms with van der Waals surface area (Å²) in [6.07, 6.45) is 1.63. The highest BCUT2D eigenvalue weighted by Crippen LogP contribution is 2.08. The Labute approximate surface area is 78.7 Å². The van der Waals surface area contributed by atoms with E-state index in [4.69, 9.17) is 0 Å². The number of alkyl halides is 1. The van der Waals surface area contributed by atoms with E-state index in [2.05, 4.69) is 37.6 Å². The molecule has 0 radical (unpaired) electrons. The van der Waals surface area contributed by atoms with Crippen molar-refractivity contribution in [2.24, 2.45) is 0 Å². The average Bonchev–Trinajstić information content (AvgIpc) is 2.50. The molecule has 11 heavy (non-hydrogen) atoms. The molecule has 1 aromatic rings. The fourth-order valence-corrected chi connectivity index (χ4v) is 1.80. The van der Waals surface area contributed by atoms with E-state index in [1.165, 1.54) is 0 Å². The number of aromatic nitrogens is 3. The second-order valence-electron chi connectivity index (χ2n) is 2.57. The molecule has 0 N–H and O–H groups in total. The summed E-state index contributed by atoms with van der Waals surface area (Å²) in [7, 11) is 0. The number of hydrogen-bond acceptors (Lipinski definition) is 3. The molecule has 1 aliphatic heterocycles. The monoisotopic (exact) mass is 264 g/mol. The Morgan fingerprint density at radius 2 is 2.45 bits per heavy atom. The molecule has 0 unspecified atom stereocenters. The van der Waals surface area contributed by atoms with Crippen molar-refractivity contribution < 1.29 is 0 Å². The van der Waals surface area contributed by atoms with E-state index in [9.17, 15) is 0 Å². The van der Waals surface area contributed by atoms with Crippen molar-refractivity contribution in [1.82, 2.24) is 19.7 Å². The predicted molar refractivity (Wildman–Crippen MR) is 49.3 cm³/mol. The standard InChI is InChI=1S/C6H9IN4/c7-4-10-1-2-11-6(3-10)8-5-9-11/h5H,1-4H2. The maximum atomic E-state index is 4.16. The van der Waals surface area contributed by atoms with Gasteiger partial charge in [0.25, 0.3) is 0 Å². The van der Waals surface area contributed by atoms with Gasteiger partial charge in [-0.1, -0.05) is 22.6 Å². The number of hydrogen-bond donors (Lipinski definition) is 0. The Morgan fingerprint density at radius 1 is 1.55 bits per heavy atom. The summed E-state index contributed by atoms with van der Waals surface area (Å²) in [5.74, 6) is 1.09. The van der Waals surface area contributed by atoms with Crippen LogP contribution in [0.25, 0.3) is 0 Å². The molecule has 0 saturated heterocycles. The molecule has 60 valence electrons. The van der Waals surface area contributed by atoms with E-state index in [-0.39, 0.29) is 0 Å². The summed E-state index contributed by atoms with van der Waals surface area (Å²) in [5, 5.41) is 4.10. The molecule has 2 rings (SSSR count). The van der Waals surface area contributed by atoms with E-state index in [1.807, 2.05) is 4.68 Å². The maximum absolute atomic E-state index is 4.16. The van der Waals surface area contributed by atoms with Gasteiger partial charge in [-0.25, -0.2) is 9.67 Å². The molecule has 0 atom stereocenters. The van der Waals surface area contributed by atoms with Crippen LogP contribution >= 0.6 is 22.6 Å². The molecular weight excluding hydrogens is 255 g/mol. The third-order valence-electron chi connectivity index (χ3n) is 1.86. The van der Waals surface area contributed by atoms with Crippen LogP contribution in [0.2, 0.25) is 0 Å². The molecule has 5 heteroatoms. The molecule has 0 amide bonds. The Morgan fingerprint density at radius 3 is 3.27 bits per heavy atom. The van der Waals surface area contributed by atoms with Gasteiger partial charge >= 0.3 is 0 Å². The number of fused-ring (bicyclic) bond motifs is 1. The molecule has 2 heterocycles. The van der Waals surface area contributed by atoms with Crippen molar-refractivity contribution in [3.63, 3.8) is 0 Å². The molecule has 4 nitrogen and oxygen atoms in total. The summed E-state index contributed by atoms with van der Waals surface area (Å²) < 4.78 is 3.05. The van der Waals surface area contributed by atoms with Crippen molar-refractivity contribution in [3.05, 3.63) is 12.2 Å². The fourth-order valence-electron chi connectivity index (χ4n) is 1.21. The predicted octanol–water partition coefficient (Wildman–Crippen LogP) is 0.486. The largest absolute Gasteiger partial charge is 0.285 e. The first-order valence-corrected chi connectivity index (χ1v) is 5.07. The van der Waals surface area contributed by atoms with E-state index in [0.29, 0.717) is 0 Å². The molecule has 1 aromatic heterocycles. The van der Waals surface area contributed by atoms with Crippen LogP contribution < -0.4 is 0 Å². The minimum Gasteiger partial charge on any atom is -0.285 e. The molecule has 0 aromatic carbocycles. The fraction of sp³-hybridized carbons (Fsp3) is 0.667. The first-order valence-electron chi connectivity index (χ1n) is 3.55. The van der Waals surface area contributed by atoms with Crippen LogP contribution in [-0.2, 0) is 13.1 Å². The number of halogens is 1. The van der Waals surface area contributed by atoms with Gasteiger partial charge in [0.05, 0.1) is 17.6 Å². The van der Waals surface area contributed by atoms with Gasteiger partial charge in [0.2, 0.25) is 0 Å². The van der Waals surface area contributed by atoms with Crippen LogP contribution in [0, 0.1) is 0 Å². The van der Waals surface area contributed by atoms with Gasteiger partial charge in [0, 0.05) is 6.54 Å². The Hall–Kier alpha value is -0.170. The zero-order valence-corrected chi connectivity index (χ0v) is 8.23. The first-order chi connectivity index (χ1) is 5.40. The maximum Gasteiger partial charge on any atom is 0.141 e. The Balaban J connectivity index is 2.18. The topological polar surface area (TPSA) is 34.0 Å². The van der Waals surface area contributed by atoms with Crippen molar-refractivity contribution in [2.45, 2.75) is 13.1 Å². The summed E-state index contributed by atoms with van der Waals surface area (Å²) in [6.45, 7) is 3.03. The summed E-state index contributed by atoms with van der Waals surface area (Å²) >= 11 is 2.37. The normalized spacial score (nSPS) is 18.3. The highest BCUT2D eigenvalue weighted by molar-refractivity contribution is 14.1. The molecule has 1 aliphatic rings. The van der Waals surface area contributed by atoms with Crippen molar-refractivity contribution >= 4 is 22.6 Å². The quantitative estimate of drug-likeness (QED) is 0.420. The van der Waals surface area contributed by atoms with Gasteiger partial charge in [-0.15, -0.1) is 0 Å². The van der Waals surface area contributed by atoms with E-state index in [1.54, 1.807) is 6.33 Å². The van der Waals surface area contributed by atoms with E-state index >= 15 is 0 Å². The lowest BCUT2D eigenvalue weighted by Crippen LogP contribution is -2.33. The molecular formula is C6H9IN4. The zero-order valence-electron chi connectivity index (χ0n) is 6.07. The lowest BCUT2D eigenvalue weighted by atomic mass is 10.4. The lowest BCUT2D eigenvalue weighted by molar-refractivity contribution is 0.249. The van der Waals surface area contributed by atoms with Crippen LogP contribution in [0.15, 0.2) is 6.33 Å². The third-order valence-corrected chi connectivity index (χ3v) is 2.82. The minimum absolute atomic E-state index is 0.947. The van der Waals surface area contributed by atoms with Crippen LogP contribution in [-0.4, -0.2) is 30.8 Å². The Bertz CT molecular complexity index is 246. The second kappa shape index (κ2) is 3.06. The van der Waals surface area contributed by atoms with Crippen molar-refractivity contribution in [3.8, 4) is 0 Å². The van der Waals surface area contributed by atoms with Gasteiger partial charge in [0.1, 0.15) is 12.2 Å². The first kappa shape index (κ1) is 7.48. The summed E-state index contributed by atoms with van der Waals surface area (Å²) in [6, 6.07) is 0. The average molecular weight is 264 g/mol. The summed E-state index contributed by atoms with van der Waals surface area (Å²) in [4.78, 5) is 6.51. The lowest BCUT2D eigenvalue weighted by Gasteiger charge is -2.23. The van der Waals surface area contributed by atoms with Crippen LogP contribution in [0.4, 0.5) is 0 Å². The molecule has 0 fully saturated rings. The summed E-state index contributed by atoms with van der Waals surface area (Å²) in [5.41, 5.74) is 0. The van der Waals surface area contributed by atoms with Gasteiger partial charge < -0.3 is 0 Å². The highest BCUT2D eigenvalue weighted by atomic mass is 127. The van der Waals surface area contributed by atoms with Crippen LogP contribution in [0.1, 0.15) is 5.82 Å². The molecule has 0 aliphatic carbocycles. The molecule has 0 bridgehead atoms. The minimum atomic E-state index is 0.947. The number of rotatable bonds is 1. The molecule has 0 saturated carbocycles.